The van der Waals surface area contributed by atoms with Crippen molar-refractivity contribution in [2.75, 3.05) is 0 Å². The molecule has 2 aliphatic rings. The van der Waals surface area contributed by atoms with Crippen molar-refractivity contribution in [3.63, 3.8) is 0 Å². The highest BCUT2D eigenvalue weighted by atomic mass is 16.3. The fraction of sp³-hybridized carbons (Fsp3) is 0.584. The monoisotopic (exact) mass is 1100 g/mol. The Bertz CT molecular complexity index is 2480. The minimum atomic E-state index is -0.163. The van der Waals surface area contributed by atoms with Crippen LogP contribution in [0.25, 0.3) is 0 Å². The minimum absolute atomic E-state index is 0.0342. The molecule has 0 aromatic heterocycles. The summed E-state index contributed by atoms with van der Waals surface area (Å²) in [4.78, 5) is 0. The Morgan fingerprint density at radius 3 is 1.09 bits per heavy atom. The number of aromatic hydroxyl groups is 2. The van der Waals surface area contributed by atoms with E-state index in [0.29, 0.717) is 34.9 Å². The molecule has 446 valence electrons. The minimum Gasteiger partial charge on any atom is -0.508 e. The maximum absolute atomic E-state index is 11.4. The molecule has 4 nitrogen and oxygen atoms in total. The van der Waals surface area contributed by atoms with Gasteiger partial charge in [-0.15, -0.1) is 0 Å². The van der Waals surface area contributed by atoms with Crippen molar-refractivity contribution in [3.8, 4) is 11.5 Å². The van der Waals surface area contributed by atoms with Crippen LogP contribution in [0.15, 0.2) is 132 Å². The fourth-order valence-corrected chi connectivity index (χ4v) is 13.2. The van der Waals surface area contributed by atoms with E-state index in [-0.39, 0.29) is 39.4 Å². The third-order valence-corrected chi connectivity index (χ3v) is 17.9. The lowest BCUT2D eigenvalue weighted by Crippen LogP contribution is -2.33. The van der Waals surface area contributed by atoms with E-state index in [0.717, 1.165) is 78.3 Å². The average Bonchev–Trinajstić information content (AvgIpc) is 3.61. The molecule has 0 radical (unpaired) electrons. The van der Waals surface area contributed by atoms with Gasteiger partial charge in [-0.3, -0.25) is 0 Å². The van der Waals surface area contributed by atoms with E-state index in [2.05, 4.69) is 213 Å². The maximum atomic E-state index is 11.4. The number of phenolic OH excluding ortho intramolecular Hbond substituents is 2. The average molecular weight is 1100 g/mol. The van der Waals surface area contributed by atoms with Crippen LogP contribution in [0, 0.1) is 22.7 Å². The molecular formula is C77H114O4. The lowest BCUT2D eigenvalue weighted by Gasteiger charge is -2.45. The molecule has 4 atom stereocenters. The molecule has 0 heterocycles. The smallest absolute Gasteiger partial charge is 0.123 e. The van der Waals surface area contributed by atoms with Crippen LogP contribution in [0.3, 0.4) is 0 Å². The van der Waals surface area contributed by atoms with E-state index in [9.17, 15) is 20.4 Å². The molecular weight excluding hydrogens is 989 g/mol. The molecule has 4 heteroatoms. The van der Waals surface area contributed by atoms with E-state index in [1.54, 1.807) is 0 Å². The number of unbranched alkanes of at least 4 members (excludes halogenated alkanes) is 12. The van der Waals surface area contributed by atoms with Crippen LogP contribution >= 0.6 is 0 Å². The summed E-state index contributed by atoms with van der Waals surface area (Å²) in [6.07, 6.45) is 34.6. The van der Waals surface area contributed by atoms with Crippen molar-refractivity contribution < 1.29 is 20.4 Å². The van der Waals surface area contributed by atoms with Gasteiger partial charge in [0.25, 0.3) is 0 Å². The summed E-state index contributed by atoms with van der Waals surface area (Å²) in [5.41, 5.74) is 10.5. The second kappa shape index (κ2) is 31.1. The SMILES string of the molecule is CC(C)Cc1cc(C(C)c2cc(CC(C)C)cc(C(C)(C)C)c2O)c(O)c(C(C)(C)C)c1.CCCCCCCCCC1(CC2(CCCCCCCCC)C=C(C(C)c3ccccc3)C(O)=CC2)C=C(C(C)c2ccccc2)C(O)=CC1. The second-order valence-corrected chi connectivity index (χ2v) is 28.3. The molecule has 4 aromatic carbocycles. The van der Waals surface area contributed by atoms with Crippen molar-refractivity contribution in [3.05, 3.63) is 176 Å². The van der Waals surface area contributed by atoms with Crippen LogP contribution in [0.2, 0.25) is 0 Å². The Balaban J connectivity index is 0.000000326. The zero-order chi connectivity index (χ0) is 59.5. The van der Waals surface area contributed by atoms with Crippen LogP contribution in [-0.4, -0.2) is 20.4 Å². The Kier molecular flexibility index (Phi) is 25.6. The Hall–Kier alpha value is -4.96. The molecule has 0 saturated heterocycles. The summed E-state index contributed by atoms with van der Waals surface area (Å²) in [5.74, 6) is 2.86. The van der Waals surface area contributed by atoms with Crippen molar-refractivity contribution >= 4 is 0 Å². The molecule has 4 N–H and O–H groups in total. The number of aliphatic hydroxyl groups excluding tert-OH is 2. The van der Waals surface area contributed by atoms with Gasteiger partial charge in [-0.1, -0.05) is 291 Å². The van der Waals surface area contributed by atoms with Gasteiger partial charge in [-0.05, 0) is 135 Å². The number of aliphatic hydroxyl groups is 2. The highest BCUT2D eigenvalue weighted by Gasteiger charge is 2.42. The number of benzene rings is 4. The molecule has 0 bridgehead atoms. The first-order valence-corrected chi connectivity index (χ1v) is 32.4. The lowest BCUT2D eigenvalue weighted by molar-refractivity contribution is 0.173. The van der Waals surface area contributed by atoms with E-state index in [1.807, 2.05) is 0 Å². The van der Waals surface area contributed by atoms with Gasteiger partial charge in [0.05, 0.1) is 0 Å². The number of phenols is 2. The Morgan fingerprint density at radius 1 is 0.432 bits per heavy atom. The topological polar surface area (TPSA) is 80.9 Å². The number of rotatable bonds is 28. The molecule has 0 fully saturated rings. The van der Waals surface area contributed by atoms with Gasteiger partial charge < -0.3 is 20.4 Å². The van der Waals surface area contributed by atoms with Crippen LogP contribution in [0.4, 0.5) is 0 Å². The van der Waals surface area contributed by atoms with Gasteiger partial charge in [-0.2, -0.15) is 0 Å². The lowest BCUT2D eigenvalue weighted by atomic mass is 9.60. The highest BCUT2D eigenvalue weighted by Crippen LogP contribution is 2.54. The van der Waals surface area contributed by atoms with Gasteiger partial charge in [0.15, 0.2) is 0 Å². The van der Waals surface area contributed by atoms with Crippen molar-refractivity contribution in [1.82, 2.24) is 0 Å². The summed E-state index contributed by atoms with van der Waals surface area (Å²) in [5, 5.41) is 45.5. The third kappa shape index (κ3) is 19.6. The van der Waals surface area contributed by atoms with Gasteiger partial charge in [-0.25, -0.2) is 0 Å². The zero-order valence-corrected chi connectivity index (χ0v) is 53.9. The predicted octanol–water partition coefficient (Wildman–Crippen LogP) is 23.0. The molecule has 4 unspecified atom stereocenters. The van der Waals surface area contributed by atoms with Crippen LogP contribution in [0.1, 0.15) is 288 Å². The molecule has 4 aromatic rings. The van der Waals surface area contributed by atoms with Crippen LogP contribution in [0.5, 0.6) is 11.5 Å². The molecule has 2 aliphatic carbocycles. The first-order chi connectivity index (χ1) is 38.3. The maximum Gasteiger partial charge on any atom is 0.123 e. The van der Waals surface area contributed by atoms with Crippen LogP contribution in [-0.2, 0) is 23.7 Å². The molecule has 6 rings (SSSR count). The number of hydrogen-bond donors (Lipinski definition) is 4. The van der Waals surface area contributed by atoms with E-state index >= 15 is 0 Å². The van der Waals surface area contributed by atoms with Gasteiger partial charge >= 0.3 is 0 Å². The number of hydrogen-bond acceptors (Lipinski definition) is 4. The largest absolute Gasteiger partial charge is 0.508 e. The molecule has 0 aliphatic heterocycles. The van der Waals surface area contributed by atoms with E-state index < -0.39 is 0 Å². The van der Waals surface area contributed by atoms with Crippen molar-refractivity contribution in [1.29, 1.82) is 0 Å². The van der Waals surface area contributed by atoms with Gasteiger partial charge in [0, 0.05) is 28.9 Å². The number of allylic oxidation sites excluding steroid dienone is 6. The van der Waals surface area contributed by atoms with Gasteiger partial charge in [0.2, 0.25) is 0 Å². The summed E-state index contributed by atoms with van der Waals surface area (Å²) in [6.45, 7) is 33.0. The van der Waals surface area contributed by atoms with E-state index in [4.69, 9.17) is 0 Å². The molecule has 81 heavy (non-hydrogen) atoms. The molecule has 0 spiro atoms. The highest BCUT2D eigenvalue weighted by molar-refractivity contribution is 5.56. The van der Waals surface area contributed by atoms with Crippen LogP contribution < -0.4 is 0 Å². The van der Waals surface area contributed by atoms with E-state index in [1.165, 1.54) is 112 Å². The standard InChI is InChI=1S/C47H68O2.C30H46O2/c1-5-7-9-11-13-15-23-31-46(33-29-44(48)42(35-46)38(3)40-25-19-17-20-26-40)37-47(32-24-16-14-12-10-8-6-2)34-30-45(49)43(36-47)39(4)41-27-21-18-22-28-41;1-18(2)12-21-14-23(27(31)25(16-21)29(6,7)8)20(5)24-15-22(13-19(3)4)17-26(28(24)32)30(9,10)11/h17-22,25-30,35-36,38-39,48-49H,5-16,23-24,31-34,37H2,1-4H3;14-20,31-32H,12-13H2,1-11H3. The summed E-state index contributed by atoms with van der Waals surface area (Å²) < 4.78 is 0. The normalized spacial score (nSPS) is 18.5. The molecule has 0 amide bonds. The summed E-state index contributed by atoms with van der Waals surface area (Å²) in [6, 6.07) is 30.0. The summed E-state index contributed by atoms with van der Waals surface area (Å²) in [7, 11) is 0. The van der Waals surface area contributed by atoms with Crippen molar-refractivity contribution in [2.45, 2.75) is 267 Å². The molecule has 0 saturated carbocycles. The Morgan fingerprint density at radius 2 is 0.765 bits per heavy atom. The van der Waals surface area contributed by atoms with Gasteiger partial charge in [0.1, 0.15) is 23.0 Å². The predicted molar refractivity (Wildman–Crippen MR) is 349 cm³/mol. The third-order valence-electron chi connectivity index (χ3n) is 17.9. The summed E-state index contributed by atoms with van der Waals surface area (Å²) >= 11 is 0. The first kappa shape index (κ1) is 66.8. The first-order valence-electron chi connectivity index (χ1n) is 32.4. The van der Waals surface area contributed by atoms with Crippen molar-refractivity contribution in [2.24, 2.45) is 22.7 Å². The Labute approximate surface area is 495 Å². The zero-order valence-electron chi connectivity index (χ0n) is 53.9. The quantitative estimate of drug-likeness (QED) is 0.0427. The fourth-order valence-electron chi connectivity index (χ4n) is 13.2. The second-order valence-electron chi connectivity index (χ2n) is 28.3.